The standard InChI is InChI=1S/C22H26N2O5S/c1-5-29-15-9-8-14(13-16(15)28-4)19-18(20(25)17-7-6-12-30-17)21(26)22(27)24(19)11-10-23(2)3/h6-9,12-13,19,26H,5,10-11H2,1-4H3/t19-/m0/s1. The summed E-state index contributed by atoms with van der Waals surface area (Å²) in [4.78, 5) is 30.1. The van der Waals surface area contributed by atoms with Gasteiger partial charge in [0.05, 0.1) is 30.2 Å². The van der Waals surface area contributed by atoms with E-state index in [4.69, 9.17) is 9.47 Å². The summed E-state index contributed by atoms with van der Waals surface area (Å²) in [6.07, 6.45) is 0. The van der Waals surface area contributed by atoms with E-state index in [1.54, 1.807) is 35.7 Å². The molecule has 8 heteroatoms. The van der Waals surface area contributed by atoms with E-state index >= 15 is 0 Å². The second-order valence-corrected chi connectivity index (χ2v) is 8.06. The third-order valence-electron chi connectivity index (χ3n) is 4.88. The van der Waals surface area contributed by atoms with Crippen molar-refractivity contribution < 1.29 is 24.2 Å². The summed E-state index contributed by atoms with van der Waals surface area (Å²) < 4.78 is 11.0. The lowest BCUT2D eigenvalue weighted by Gasteiger charge is -2.28. The Kier molecular flexibility index (Phi) is 6.79. The maximum Gasteiger partial charge on any atom is 0.290 e. The van der Waals surface area contributed by atoms with Crippen molar-refractivity contribution in [3.05, 3.63) is 57.5 Å². The van der Waals surface area contributed by atoms with Crippen molar-refractivity contribution in [1.82, 2.24) is 9.80 Å². The fourth-order valence-electron chi connectivity index (χ4n) is 3.44. The quantitative estimate of drug-likeness (QED) is 0.615. The minimum Gasteiger partial charge on any atom is -0.503 e. The lowest BCUT2D eigenvalue weighted by Crippen LogP contribution is -2.36. The number of thiophene rings is 1. The third kappa shape index (κ3) is 4.20. The molecule has 1 N–H and O–H groups in total. The Morgan fingerprint density at radius 3 is 2.63 bits per heavy atom. The smallest absolute Gasteiger partial charge is 0.290 e. The van der Waals surface area contributed by atoms with Crippen LogP contribution in [0.1, 0.15) is 28.2 Å². The number of aliphatic hydroxyl groups excluding tert-OH is 1. The van der Waals surface area contributed by atoms with Gasteiger partial charge in [0, 0.05) is 13.1 Å². The third-order valence-corrected chi connectivity index (χ3v) is 5.75. The largest absolute Gasteiger partial charge is 0.503 e. The number of aliphatic hydroxyl groups is 1. The molecule has 30 heavy (non-hydrogen) atoms. The van der Waals surface area contributed by atoms with Gasteiger partial charge in [-0.1, -0.05) is 12.1 Å². The number of hydrogen-bond acceptors (Lipinski definition) is 7. The number of ether oxygens (including phenoxy) is 2. The summed E-state index contributed by atoms with van der Waals surface area (Å²) in [5.74, 6) is -0.309. The van der Waals surface area contributed by atoms with Crippen LogP contribution in [0.15, 0.2) is 47.0 Å². The first kappa shape index (κ1) is 21.9. The lowest BCUT2D eigenvalue weighted by molar-refractivity contribution is -0.129. The number of carbonyl (C=O) groups is 2. The minimum atomic E-state index is -0.711. The van der Waals surface area contributed by atoms with Gasteiger partial charge < -0.3 is 24.4 Å². The van der Waals surface area contributed by atoms with Crippen molar-refractivity contribution in [2.24, 2.45) is 0 Å². The Bertz CT molecular complexity index is 952. The summed E-state index contributed by atoms with van der Waals surface area (Å²) in [7, 11) is 5.34. The van der Waals surface area contributed by atoms with Crippen LogP contribution in [0.2, 0.25) is 0 Å². The Balaban J connectivity index is 2.08. The van der Waals surface area contributed by atoms with Crippen LogP contribution in [-0.2, 0) is 4.79 Å². The molecule has 1 aromatic heterocycles. The second-order valence-electron chi connectivity index (χ2n) is 7.12. The number of amides is 1. The van der Waals surface area contributed by atoms with Gasteiger partial charge in [0.2, 0.25) is 5.78 Å². The van der Waals surface area contributed by atoms with E-state index in [1.807, 2.05) is 25.9 Å². The average Bonchev–Trinajstić information content (AvgIpc) is 3.34. The molecule has 1 aliphatic heterocycles. The number of hydrogen-bond donors (Lipinski definition) is 1. The van der Waals surface area contributed by atoms with Gasteiger partial charge in [-0.25, -0.2) is 0 Å². The van der Waals surface area contributed by atoms with Crippen LogP contribution in [0.3, 0.4) is 0 Å². The Labute approximate surface area is 180 Å². The van der Waals surface area contributed by atoms with Gasteiger partial charge in [0.15, 0.2) is 17.3 Å². The van der Waals surface area contributed by atoms with Gasteiger partial charge in [-0.3, -0.25) is 9.59 Å². The van der Waals surface area contributed by atoms with E-state index in [-0.39, 0.29) is 11.4 Å². The van der Waals surface area contributed by atoms with Gasteiger partial charge >= 0.3 is 0 Å². The van der Waals surface area contributed by atoms with E-state index in [1.165, 1.54) is 23.3 Å². The second kappa shape index (κ2) is 9.32. The summed E-state index contributed by atoms with van der Waals surface area (Å²) in [6, 6.07) is 8.06. The van der Waals surface area contributed by atoms with Crippen LogP contribution in [-0.4, -0.2) is 67.5 Å². The maximum absolute atomic E-state index is 13.2. The summed E-state index contributed by atoms with van der Waals surface area (Å²) >= 11 is 1.28. The number of ketones is 1. The first-order valence-electron chi connectivity index (χ1n) is 9.66. The summed E-state index contributed by atoms with van der Waals surface area (Å²) in [5, 5.41) is 12.5. The van der Waals surface area contributed by atoms with E-state index in [2.05, 4.69) is 0 Å². The summed E-state index contributed by atoms with van der Waals surface area (Å²) in [5.41, 5.74) is 0.763. The molecule has 0 spiro atoms. The number of methoxy groups -OCH3 is 1. The molecule has 7 nitrogen and oxygen atoms in total. The molecule has 1 amide bonds. The molecule has 2 aromatic rings. The van der Waals surface area contributed by atoms with Gasteiger partial charge in [0.25, 0.3) is 5.91 Å². The van der Waals surface area contributed by atoms with Crippen LogP contribution in [0.5, 0.6) is 11.5 Å². The molecular weight excluding hydrogens is 404 g/mol. The molecule has 1 aromatic carbocycles. The van der Waals surface area contributed by atoms with Crippen molar-refractivity contribution in [2.45, 2.75) is 13.0 Å². The molecule has 2 heterocycles. The highest BCUT2D eigenvalue weighted by molar-refractivity contribution is 7.12. The molecule has 0 saturated heterocycles. The number of rotatable bonds is 9. The predicted molar refractivity (Wildman–Crippen MR) is 115 cm³/mol. The highest BCUT2D eigenvalue weighted by Gasteiger charge is 2.44. The maximum atomic E-state index is 13.2. The van der Waals surface area contributed by atoms with E-state index in [9.17, 15) is 14.7 Å². The predicted octanol–water partition coefficient (Wildman–Crippen LogP) is 3.30. The van der Waals surface area contributed by atoms with Gasteiger partial charge in [-0.05, 0) is 50.2 Å². The molecule has 0 bridgehead atoms. The first-order valence-corrected chi connectivity index (χ1v) is 10.5. The molecule has 0 saturated carbocycles. The van der Waals surface area contributed by atoms with Crippen LogP contribution >= 0.6 is 11.3 Å². The SMILES string of the molecule is CCOc1ccc([C@H]2C(C(=O)c3cccs3)=C(O)C(=O)N2CCN(C)C)cc1OC. The average molecular weight is 431 g/mol. The van der Waals surface area contributed by atoms with Gasteiger partial charge in [-0.15, -0.1) is 11.3 Å². The van der Waals surface area contributed by atoms with Crippen LogP contribution in [0.25, 0.3) is 0 Å². The first-order chi connectivity index (χ1) is 14.4. The van der Waals surface area contributed by atoms with Crippen molar-refractivity contribution >= 4 is 23.0 Å². The molecule has 0 aliphatic carbocycles. The highest BCUT2D eigenvalue weighted by Crippen LogP contribution is 2.41. The summed E-state index contributed by atoms with van der Waals surface area (Å²) in [6.45, 7) is 3.31. The zero-order chi connectivity index (χ0) is 21.8. The van der Waals surface area contributed by atoms with Gasteiger partial charge in [-0.2, -0.15) is 0 Å². The monoisotopic (exact) mass is 430 g/mol. The normalized spacial score (nSPS) is 16.5. The molecule has 0 fully saturated rings. The number of carbonyl (C=O) groups excluding carboxylic acids is 2. The number of Topliss-reactive ketones (excluding diaryl/α,β-unsaturated/α-hetero) is 1. The van der Waals surface area contributed by atoms with Gasteiger partial charge in [0.1, 0.15) is 0 Å². The number of nitrogens with zero attached hydrogens (tertiary/aromatic N) is 2. The molecule has 160 valence electrons. The van der Waals surface area contributed by atoms with Crippen LogP contribution in [0, 0.1) is 0 Å². The molecule has 0 radical (unpaired) electrons. The fraction of sp³-hybridized carbons (Fsp3) is 0.364. The topological polar surface area (TPSA) is 79.3 Å². The molecule has 3 rings (SSSR count). The van der Waals surface area contributed by atoms with E-state index in [0.717, 1.165) is 0 Å². The van der Waals surface area contributed by atoms with Crippen LogP contribution in [0.4, 0.5) is 0 Å². The number of benzene rings is 1. The highest BCUT2D eigenvalue weighted by atomic mass is 32.1. The van der Waals surface area contributed by atoms with E-state index < -0.39 is 17.7 Å². The van der Waals surface area contributed by atoms with Crippen molar-refractivity contribution in [1.29, 1.82) is 0 Å². The van der Waals surface area contributed by atoms with E-state index in [0.29, 0.717) is 41.6 Å². The minimum absolute atomic E-state index is 0.0902. The number of likely N-dealkylation sites (N-methyl/N-ethyl adjacent to an activating group) is 1. The van der Waals surface area contributed by atoms with Crippen LogP contribution < -0.4 is 9.47 Å². The zero-order valence-electron chi connectivity index (χ0n) is 17.5. The van der Waals surface area contributed by atoms with Crippen molar-refractivity contribution in [3.63, 3.8) is 0 Å². The Hall–Kier alpha value is -2.84. The molecular formula is C22H26N2O5S. The Morgan fingerprint density at radius 1 is 1.27 bits per heavy atom. The van der Waals surface area contributed by atoms with Crippen molar-refractivity contribution in [3.8, 4) is 11.5 Å². The van der Waals surface area contributed by atoms with Crippen molar-refractivity contribution in [2.75, 3.05) is 40.9 Å². The Morgan fingerprint density at radius 2 is 2.03 bits per heavy atom. The zero-order valence-corrected chi connectivity index (χ0v) is 18.4. The molecule has 0 unspecified atom stereocenters. The fourth-order valence-corrected chi connectivity index (χ4v) is 4.12. The molecule has 1 aliphatic rings. The lowest BCUT2D eigenvalue weighted by atomic mass is 9.95. The molecule has 1 atom stereocenters.